The molecule has 34 heavy (non-hydrogen) atoms. The summed E-state index contributed by atoms with van der Waals surface area (Å²) in [6.45, 7) is 0. The highest BCUT2D eigenvalue weighted by Gasteiger charge is 2.16. The Morgan fingerprint density at radius 1 is 0.853 bits per heavy atom. The maximum Gasteiger partial charge on any atom is 0.282 e. The number of benzene rings is 3. The summed E-state index contributed by atoms with van der Waals surface area (Å²) in [5, 5.41) is 5.73. The highest BCUT2D eigenvalue weighted by atomic mass is 19.1. The maximum absolute atomic E-state index is 13.3. The van der Waals surface area contributed by atoms with E-state index in [1.54, 1.807) is 42.5 Å². The van der Waals surface area contributed by atoms with Gasteiger partial charge in [0.2, 0.25) is 5.82 Å². The van der Waals surface area contributed by atoms with E-state index in [0.29, 0.717) is 33.8 Å². The first-order valence-electron chi connectivity index (χ1n) is 10.6. The van der Waals surface area contributed by atoms with Crippen LogP contribution in [0.4, 0.5) is 4.39 Å². The molecule has 6 aromatic rings. The number of para-hydroxylation sites is 2. The molecular weight excluding hydrogens is 433 g/mol. The fraction of sp³-hybridized carbons (Fsp3) is 0. The van der Waals surface area contributed by atoms with Crippen molar-refractivity contribution in [2.24, 2.45) is 5.10 Å². The van der Waals surface area contributed by atoms with Crippen LogP contribution in [0.3, 0.4) is 0 Å². The van der Waals surface area contributed by atoms with E-state index >= 15 is 0 Å². The summed E-state index contributed by atoms with van der Waals surface area (Å²) < 4.78 is 26.2. The first kappa shape index (κ1) is 19.9. The zero-order valence-corrected chi connectivity index (χ0v) is 17.7. The van der Waals surface area contributed by atoms with Crippen molar-refractivity contribution in [2.75, 3.05) is 0 Å². The van der Waals surface area contributed by atoms with Crippen LogP contribution in [0, 0.1) is 5.82 Å². The standard InChI is InChI=1S/C27H16FN3O3/c28-19-11-9-17(10-12-19)24-14-13-20(33-24)16-29-31-26(25-15-18-5-1-4-8-23(18)34-25)30-22-7-3-2-6-21(22)27(31)32/h1-16H. The van der Waals surface area contributed by atoms with Crippen molar-refractivity contribution >= 4 is 28.1 Å². The van der Waals surface area contributed by atoms with Crippen molar-refractivity contribution in [3.63, 3.8) is 0 Å². The molecular formula is C27H16FN3O3. The molecule has 0 amide bonds. The molecule has 3 aromatic heterocycles. The molecule has 7 heteroatoms. The Morgan fingerprint density at radius 2 is 1.65 bits per heavy atom. The Hall–Kier alpha value is -4.78. The molecule has 0 bridgehead atoms. The predicted octanol–water partition coefficient (Wildman–Crippen LogP) is 6.09. The molecule has 0 saturated carbocycles. The number of fused-ring (bicyclic) bond motifs is 2. The minimum absolute atomic E-state index is 0.279. The lowest BCUT2D eigenvalue weighted by atomic mass is 10.2. The zero-order valence-electron chi connectivity index (χ0n) is 17.7. The van der Waals surface area contributed by atoms with Gasteiger partial charge in [0.05, 0.1) is 17.1 Å². The number of hydrogen-bond donors (Lipinski definition) is 0. The van der Waals surface area contributed by atoms with Crippen molar-refractivity contribution < 1.29 is 13.2 Å². The van der Waals surface area contributed by atoms with Gasteiger partial charge < -0.3 is 8.83 Å². The fourth-order valence-corrected chi connectivity index (χ4v) is 3.79. The lowest BCUT2D eigenvalue weighted by Crippen LogP contribution is -2.20. The summed E-state index contributed by atoms with van der Waals surface area (Å²) in [7, 11) is 0. The van der Waals surface area contributed by atoms with Crippen LogP contribution in [0.25, 0.3) is 44.8 Å². The number of nitrogens with zero attached hydrogens (tertiary/aromatic N) is 3. The van der Waals surface area contributed by atoms with Gasteiger partial charge in [0.15, 0.2) is 5.76 Å². The predicted molar refractivity (Wildman–Crippen MR) is 128 cm³/mol. The summed E-state index contributed by atoms with van der Waals surface area (Å²) in [6.07, 6.45) is 1.44. The largest absolute Gasteiger partial charge is 0.455 e. The minimum atomic E-state index is -0.331. The van der Waals surface area contributed by atoms with Crippen LogP contribution < -0.4 is 5.56 Å². The molecule has 0 aliphatic rings. The summed E-state index contributed by atoms with van der Waals surface area (Å²) in [5.41, 5.74) is 1.63. The molecule has 0 aliphatic carbocycles. The van der Waals surface area contributed by atoms with Gasteiger partial charge in [0, 0.05) is 10.9 Å². The van der Waals surface area contributed by atoms with Crippen molar-refractivity contribution in [3.05, 3.63) is 113 Å². The van der Waals surface area contributed by atoms with Gasteiger partial charge in [0.1, 0.15) is 22.9 Å². The van der Waals surface area contributed by atoms with Crippen LogP contribution in [0.15, 0.2) is 110 Å². The molecule has 3 aromatic carbocycles. The summed E-state index contributed by atoms with van der Waals surface area (Å²) in [5.74, 6) is 1.37. The van der Waals surface area contributed by atoms with E-state index in [1.807, 2.05) is 36.4 Å². The monoisotopic (exact) mass is 449 g/mol. The van der Waals surface area contributed by atoms with Gasteiger partial charge >= 0.3 is 0 Å². The van der Waals surface area contributed by atoms with Crippen molar-refractivity contribution in [1.29, 1.82) is 0 Å². The highest BCUT2D eigenvalue weighted by molar-refractivity contribution is 5.84. The van der Waals surface area contributed by atoms with Crippen LogP contribution in [0.2, 0.25) is 0 Å². The summed E-state index contributed by atoms with van der Waals surface area (Å²) >= 11 is 0. The SMILES string of the molecule is O=c1c2ccccc2nc(-c2cc3ccccc3o2)n1N=Cc1ccc(-c2ccc(F)cc2)o1. The third kappa shape index (κ3) is 3.49. The number of halogens is 1. The molecule has 0 unspecified atom stereocenters. The second-order valence-corrected chi connectivity index (χ2v) is 7.67. The fourth-order valence-electron chi connectivity index (χ4n) is 3.79. The van der Waals surface area contributed by atoms with Gasteiger partial charge in [-0.25, -0.2) is 9.37 Å². The van der Waals surface area contributed by atoms with E-state index in [0.717, 1.165) is 10.9 Å². The Morgan fingerprint density at radius 3 is 2.50 bits per heavy atom. The van der Waals surface area contributed by atoms with Crippen molar-refractivity contribution in [1.82, 2.24) is 9.66 Å². The molecule has 0 spiro atoms. The Balaban J connectivity index is 1.46. The molecule has 6 nitrogen and oxygen atoms in total. The Labute approximate surface area is 192 Å². The highest BCUT2D eigenvalue weighted by Crippen LogP contribution is 2.27. The number of rotatable bonds is 4. The van der Waals surface area contributed by atoms with E-state index in [-0.39, 0.29) is 17.2 Å². The van der Waals surface area contributed by atoms with Crippen LogP contribution in [-0.4, -0.2) is 15.9 Å². The topological polar surface area (TPSA) is 73.5 Å². The normalized spacial score (nSPS) is 11.7. The van der Waals surface area contributed by atoms with Crippen LogP contribution in [-0.2, 0) is 0 Å². The smallest absolute Gasteiger partial charge is 0.282 e. The van der Waals surface area contributed by atoms with Crippen LogP contribution in [0.5, 0.6) is 0 Å². The van der Waals surface area contributed by atoms with E-state index in [9.17, 15) is 9.18 Å². The second-order valence-electron chi connectivity index (χ2n) is 7.67. The first-order chi connectivity index (χ1) is 16.7. The van der Waals surface area contributed by atoms with Crippen LogP contribution >= 0.6 is 0 Å². The molecule has 164 valence electrons. The molecule has 0 atom stereocenters. The quantitative estimate of drug-likeness (QED) is 0.305. The Bertz CT molecular complexity index is 1710. The van der Waals surface area contributed by atoms with Gasteiger partial charge in [-0.1, -0.05) is 30.3 Å². The number of hydrogen-bond acceptors (Lipinski definition) is 5. The van der Waals surface area contributed by atoms with E-state index in [2.05, 4.69) is 10.1 Å². The average Bonchev–Trinajstić information content (AvgIpc) is 3.51. The molecule has 3 heterocycles. The molecule has 0 aliphatic heterocycles. The van der Waals surface area contributed by atoms with Crippen molar-refractivity contribution in [2.45, 2.75) is 0 Å². The third-order valence-electron chi connectivity index (χ3n) is 5.46. The van der Waals surface area contributed by atoms with Gasteiger partial charge in [-0.15, -0.1) is 0 Å². The van der Waals surface area contributed by atoms with E-state index in [4.69, 9.17) is 8.83 Å². The molecule has 6 rings (SSSR count). The van der Waals surface area contributed by atoms with Gasteiger partial charge in [-0.3, -0.25) is 4.79 Å². The van der Waals surface area contributed by atoms with Crippen LogP contribution in [0.1, 0.15) is 5.76 Å². The minimum Gasteiger partial charge on any atom is -0.455 e. The summed E-state index contributed by atoms with van der Waals surface area (Å²) in [4.78, 5) is 18.0. The van der Waals surface area contributed by atoms with E-state index in [1.165, 1.54) is 23.0 Å². The third-order valence-corrected chi connectivity index (χ3v) is 5.46. The lowest BCUT2D eigenvalue weighted by molar-refractivity contribution is 0.573. The second kappa shape index (κ2) is 7.97. The Kier molecular flexibility index (Phi) is 4.66. The maximum atomic E-state index is 13.3. The average molecular weight is 449 g/mol. The van der Waals surface area contributed by atoms with Crippen molar-refractivity contribution in [3.8, 4) is 22.9 Å². The van der Waals surface area contributed by atoms with Gasteiger partial charge in [-0.2, -0.15) is 9.78 Å². The van der Waals surface area contributed by atoms with Gasteiger partial charge in [-0.05, 0) is 60.7 Å². The zero-order chi connectivity index (χ0) is 23.1. The molecule has 0 radical (unpaired) electrons. The first-order valence-corrected chi connectivity index (χ1v) is 10.6. The van der Waals surface area contributed by atoms with E-state index < -0.39 is 0 Å². The molecule has 0 saturated heterocycles. The van der Waals surface area contributed by atoms with Gasteiger partial charge in [0.25, 0.3) is 5.56 Å². The summed E-state index contributed by atoms with van der Waals surface area (Å²) in [6, 6.07) is 26.0. The lowest BCUT2D eigenvalue weighted by Gasteiger charge is -2.06. The number of furan rings is 2. The molecule has 0 N–H and O–H groups in total. The number of aromatic nitrogens is 2. The molecule has 0 fully saturated rings.